The van der Waals surface area contributed by atoms with Crippen molar-refractivity contribution in [3.05, 3.63) is 18.0 Å². The van der Waals surface area contributed by atoms with Crippen LogP contribution in [-0.4, -0.2) is 87.6 Å². The Labute approximate surface area is 239 Å². The zero-order valence-electron chi connectivity index (χ0n) is 24.9. The third-order valence-electron chi connectivity index (χ3n) is 7.28. The van der Waals surface area contributed by atoms with Gasteiger partial charge >= 0.3 is 0 Å². The van der Waals surface area contributed by atoms with Crippen LogP contribution < -0.4 is 26.6 Å². The summed E-state index contributed by atoms with van der Waals surface area (Å²) < 4.78 is 1.88. The summed E-state index contributed by atoms with van der Waals surface area (Å²) in [5.41, 5.74) is 6.91. The van der Waals surface area contributed by atoms with Crippen molar-refractivity contribution in [3.8, 4) is 0 Å². The minimum absolute atomic E-state index is 0.242. The number of carbonyl (C=O) groups is 1. The number of nitrogens with one attached hydrogen (secondary N) is 3. The number of nitrogen functional groups attached to an aromatic ring is 1. The average molecular weight is 558 g/mol. The van der Waals surface area contributed by atoms with Gasteiger partial charge in [-0.2, -0.15) is 9.97 Å². The highest BCUT2D eigenvalue weighted by Crippen LogP contribution is 2.19. The van der Waals surface area contributed by atoms with Crippen molar-refractivity contribution in [2.45, 2.75) is 91.3 Å². The molecule has 1 atom stereocenters. The Balaban J connectivity index is 1.34. The largest absolute Gasteiger partial charge is 0.383 e. The zero-order chi connectivity index (χ0) is 28.6. The average Bonchev–Trinajstić information content (AvgIpc) is 3.43. The van der Waals surface area contributed by atoms with E-state index in [0.717, 1.165) is 76.5 Å². The van der Waals surface area contributed by atoms with Gasteiger partial charge < -0.3 is 31.5 Å². The molecular weight excluding hydrogens is 506 g/mol. The molecule has 224 valence electrons. The van der Waals surface area contributed by atoms with Gasteiger partial charge in [0.1, 0.15) is 17.3 Å². The molecule has 2 aromatic heterocycles. The van der Waals surface area contributed by atoms with Gasteiger partial charge in [0.05, 0.1) is 12.7 Å². The highest BCUT2D eigenvalue weighted by atomic mass is 16.2. The topological polar surface area (TPSA) is 142 Å². The first kappa shape index (κ1) is 31.5. The van der Waals surface area contributed by atoms with Gasteiger partial charge in [0.2, 0.25) is 11.9 Å². The molecule has 0 spiro atoms. The van der Waals surface area contributed by atoms with E-state index in [2.05, 4.69) is 61.9 Å². The summed E-state index contributed by atoms with van der Waals surface area (Å²) in [7, 11) is 0. The number of hydrogen-bond donors (Lipinski definition) is 4. The van der Waals surface area contributed by atoms with E-state index in [1.807, 2.05) is 15.8 Å². The summed E-state index contributed by atoms with van der Waals surface area (Å²) in [4.78, 5) is 25.4. The van der Waals surface area contributed by atoms with Crippen molar-refractivity contribution in [1.82, 2.24) is 40.5 Å². The fraction of sp³-hybridized carbons (Fsp3) is 0.750. The first-order valence-electron chi connectivity index (χ1n) is 15.3. The lowest BCUT2D eigenvalue weighted by atomic mass is 10.1. The quantitative estimate of drug-likeness (QED) is 0.190. The molecule has 0 radical (unpaired) electrons. The second-order valence-electron chi connectivity index (χ2n) is 10.6. The Kier molecular flexibility index (Phi) is 13.9. The second kappa shape index (κ2) is 17.6. The maximum Gasteiger partial charge on any atom is 0.226 e. The molecule has 1 fully saturated rings. The molecule has 12 heteroatoms. The van der Waals surface area contributed by atoms with Crippen molar-refractivity contribution < 1.29 is 4.79 Å². The van der Waals surface area contributed by atoms with Crippen LogP contribution in [0.25, 0.3) is 0 Å². The fourth-order valence-electron chi connectivity index (χ4n) is 4.87. The number of amides is 1. The smallest absolute Gasteiger partial charge is 0.226 e. The molecule has 0 aromatic carbocycles. The molecule has 0 bridgehead atoms. The molecule has 1 saturated heterocycles. The number of nitrogens with zero attached hydrogens (tertiary/aromatic N) is 7. The monoisotopic (exact) mass is 557 g/mol. The van der Waals surface area contributed by atoms with E-state index < -0.39 is 0 Å². The minimum Gasteiger partial charge on any atom is -0.383 e. The van der Waals surface area contributed by atoms with E-state index in [9.17, 15) is 4.79 Å². The van der Waals surface area contributed by atoms with Crippen LogP contribution in [0.1, 0.15) is 77.8 Å². The molecule has 12 nitrogen and oxygen atoms in total. The van der Waals surface area contributed by atoms with Crippen LogP contribution in [0.15, 0.2) is 12.3 Å². The van der Waals surface area contributed by atoms with Crippen molar-refractivity contribution in [2.75, 3.05) is 61.8 Å². The predicted molar refractivity (Wildman–Crippen MR) is 161 cm³/mol. The van der Waals surface area contributed by atoms with Crippen molar-refractivity contribution >= 4 is 23.5 Å². The lowest BCUT2D eigenvalue weighted by molar-refractivity contribution is -0.131. The van der Waals surface area contributed by atoms with Crippen LogP contribution in [-0.2, 0) is 17.9 Å². The number of aryl methyl sites for hydroxylation is 1. The summed E-state index contributed by atoms with van der Waals surface area (Å²) in [6.07, 6.45) is 10.4. The Morgan fingerprint density at radius 1 is 1.02 bits per heavy atom. The molecule has 3 rings (SSSR count). The van der Waals surface area contributed by atoms with E-state index in [0.29, 0.717) is 43.9 Å². The van der Waals surface area contributed by atoms with Crippen molar-refractivity contribution in [1.29, 1.82) is 0 Å². The number of carbonyl (C=O) groups excluding carboxylic acids is 1. The fourth-order valence-corrected chi connectivity index (χ4v) is 4.87. The Morgan fingerprint density at radius 2 is 1.82 bits per heavy atom. The van der Waals surface area contributed by atoms with Crippen LogP contribution >= 0.6 is 0 Å². The first-order chi connectivity index (χ1) is 19.5. The highest BCUT2D eigenvalue weighted by molar-refractivity contribution is 5.76. The predicted octanol–water partition coefficient (Wildman–Crippen LogP) is 2.64. The maximum absolute atomic E-state index is 12.3. The number of hydrogen-bond acceptors (Lipinski definition) is 10. The summed E-state index contributed by atoms with van der Waals surface area (Å²) in [5, 5.41) is 18.9. The van der Waals surface area contributed by atoms with E-state index in [1.54, 1.807) is 6.07 Å². The van der Waals surface area contributed by atoms with E-state index in [4.69, 9.17) is 5.73 Å². The second-order valence-corrected chi connectivity index (χ2v) is 10.6. The molecule has 5 N–H and O–H groups in total. The Bertz CT molecular complexity index is 990. The van der Waals surface area contributed by atoms with E-state index >= 15 is 0 Å². The number of unbranched alkanes of at least 4 members (excludes halogenated alkanes) is 1. The van der Waals surface area contributed by atoms with Gasteiger partial charge in [-0.05, 0) is 51.7 Å². The molecule has 1 amide bonds. The lowest BCUT2D eigenvalue weighted by Gasteiger charge is -2.35. The molecule has 40 heavy (non-hydrogen) atoms. The molecule has 0 saturated carbocycles. The Hall–Kier alpha value is -2.99. The SMILES string of the molecule is CCCCC(=O)N1CCN(c2cc(N)nc(NCc3cn(CCCNCCCNC(CC)CCC)nn3)n2)CC1. The summed E-state index contributed by atoms with van der Waals surface area (Å²) in [6, 6.07) is 2.44. The van der Waals surface area contributed by atoms with Crippen molar-refractivity contribution in [2.24, 2.45) is 0 Å². The third kappa shape index (κ3) is 10.9. The summed E-state index contributed by atoms with van der Waals surface area (Å²) in [6.45, 7) is 13.8. The van der Waals surface area contributed by atoms with Gasteiger partial charge in [-0.25, -0.2) is 0 Å². The zero-order valence-corrected chi connectivity index (χ0v) is 24.9. The Morgan fingerprint density at radius 3 is 2.58 bits per heavy atom. The lowest BCUT2D eigenvalue weighted by Crippen LogP contribution is -2.49. The molecule has 1 aliphatic rings. The highest BCUT2D eigenvalue weighted by Gasteiger charge is 2.22. The molecule has 1 unspecified atom stereocenters. The van der Waals surface area contributed by atoms with Crippen LogP contribution in [0, 0.1) is 0 Å². The number of anilines is 3. The molecule has 3 heterocycles. The van der Waals surface area contributed by atoms with Crippen LogP contribution in [0.4, 0.5) is 17.6 Å². The standard InChI is InChI=1S/C28H51N11O/c1-4-7-11-27(40)38-18-16-37(17-19-38)26-20-25(29)33-28(34-26)32-21-24-22-39(36-35-24)15-9-13-30-12-8-14-31-23(6-3)10-5-2/h20,22-23,30-31H,4-19,21H2,1-3H3,(H3,29,32,33,34). The van der Waals surface area contributed by atoms with Crippen LogP contribution in [0.2, 0.25) is 0 Å². The van der Waals surface area contributed by atoms with Gasteiger partial charge in [0.25, 0.3) is 0 Å². The third-order valence-corrected chi connectivity index (χ3v) is 7.28. The number of aromatic nitrogens is 5. The van der Waals surface area contributed by atoms with Gasteiger partial charge in [-0.15, -0.1) is 5.10 Å². The maximum atomic E-state index is 12.3. The number of piperazine rings is 1. The summed E-state index contributed by atoms with van der Waals surface area (Å²) in [5.74, 6) is 1.89. The van der Waals surface area contributed by atoms with Gasteiger partial charge in [-0.1, -0.05) is 38.8 Å². The number of nitrogens with two attached hydrogens (primary N) is 1. The van der Waals surface area contributed by atoms with Gasteiger partial charge in [0.15, 0.2) is 0 Å². The van der Waals surface area contributed by atoms with Crippen LogP contribution in [0.5, 0.6) is 0 Å². The van der Waals surface area contributed by atoms with Crippen molar-refractivity contribution in [3.63, 3.8) is 0 Å². The van der Waals surface area contributed by atoms with Crippen LogP contribution in [0.3, 0.4) is 0 Å². The minimum atomic E-state index is 0.242. The summed E-state index contributed by atoms with van der Waals surface area (Å²) >= 11 is 0. The molecular formula is C28H51N11O. The first-order valence-corrected chi connectivity index (χ1v) is 15.3. The van der Waals surface area contributed by atoms with Gasteiger partial charge in [-0.3, -0.25) is 9.48 Å². The normalized spacial score (nSPS) is 14.5. The molecule has 2 aromatic rings. The van der Waals surface area contributed by atoms with Gasteiger partial charge in [0, 0.05) is 51.3 Å². The number of rotatable bonds is 19. The van der Waals surface area contributed by atoms with E-state index in [1.165, 1.54) is 19.3 Å². The van der Waals surface area contributed by atoms with E-state index in [-0.39, 0.29) is 5.91 Å². The molecule has 0 aliphatic carbocycles. The molecule has 1 aliphatic heterocycles.